The quantitative estimate of drug-likeness (QED) is 0.0646. The summed E-state index contributed by atoms with van der Waals surface area (Å²) in [6.45, 7) is 7.02. The normalized spacial score (nSPS) is 11.5. The zero-order chi connectivity index (χ0) is 35.6. The van der Waals surface area contributed by atoms with Crippen molar-refractivity contribution in [2.75, 3.05) is 33.5 Å². The summed E-state index contributed by atoms with van der Waals surface area (Å²) in [7, 11) is 1.68. The largest absolute Gasteiger partial charge is 0.446 e. The standard InChI is InChI=1S/C44H89NO4/c1-4-6-8-10-12-14-16-18-20-22-24-26-28-30-32-34-37-43(49-44(46)45-39-36-40-48-42-41-47-3)38-35-33-31-29-27-25-23-21-19-17-15-13-11-9-7-5-2/h43H,4-42H2,1-3H3,(H,45,46). The van der Waals surface area contributed by atoms with Crippen LogP contribution in [0.4, 0.5) is 4.79 Å². The number of methoxy groups -OCH3 is 1. The van der Waals surface area contributed by atoms with Gasteiger partial charge in [0.25, 0.3) is 0 Å². The molecule has 294 valence electrons. The van der Waals surface area contributed by atoms with Crippen molar-refractivity contribution in [3.05, 3.63) is 0 Å². The number of unbranched alkanes of at least 4 members (excludes halogenated alkanes) is 30. The number of rotatable bonds is 42. The number of carbonyl (C=O) groups excluding carboxylic acids is 1. The molecule has 1 N–H and O–H groups in total. The maximum absolute atomic E-state index is 12.5. The lowest BCUT2D eigenvalue weighted by Crippen LogP contribution is -2.30. The van der Waals surface area contributed by atoms with E-state index in [9.17, 15) is 4.79 Å². The fraction of sp³-hybridized carbons (Fsp3) is 0.977. The molecular formula is C44H89NO4. The van der Waals surface area contributed by atoms with Crippen molar-refractivity contribution in [2.45, 2.75) is 245 Å². The van der Waals surface area contributed by atoms with Gasteiger partial charge in [-0.15, -0.1) is 0 Å². The maximum Gasteiger partial charge on any atom is 0.407 e. The third kappa shape index (κ3) is 41.5. The van der Waals surface area contributed by atoms with E-state index >= 15 is 0 Å². The van der Waals surface area contributed by atoms with Gasteiger partial charge >= 0.3 is 6.09 Å². The first-order valence-corrected chi connectivity index (χ1v) is 22.3. The highest BCUT2D eigenvalue weighted by Crippen LogP contribution is 2.19. The van der Waals surface area contributed by atoms with Crippen molar-refractivity contribution in [3.8, 4) is 0 Å². The van der Waals surface area contributed by atoms with Crippen LogP contribution in [0, 0.1) is 0 Å². The highest BCUT2D eigenvalue weighted by atomic mass is 16.6. The van der Waals surface area contributed by atoms with Crippen LogP contribution in [-0.2, 0) is 14.2 Å². The summed E-state index contributed by atoms with van der Waals surface area (Å²) in [6.07, 6.45) is 46.9. The van der Waals surface area contributed by atoms with Gasteiger partial charge in [0, 0.05) is 20.3 Å². The highest BCUT2D eigenvalue weighted by molar-refractivity contribution is 5.67. The third-order valence-electron chi connectivity index (χ3n) is 10.2. The van der Waals surface area contributed by atoms with Crippen molar-refractivity contribution in [1.29, 1.82) is 0 Å². The summed E-state index contributed by atoms with van der Waals surface area (Å²) in [6, 6.07) is 0. The Balaban J connectivity index is 3.97. The number of ether oxygens (including phenoxy) is 3. The summed E-state index contributed by atoms with van der Waals surface area (Å²) in [5.74, 6) is 0. The van der Waals surface area contributed by atoms with Gasteiger partial charge in [-0.3, -0.25) is 0 Å². The van der Waals surface area contributed by atoms with Crippen LogP contribution >= 0.6 is 0 Å². The van der Waals surface area contributed by atoms with E-state index in [4.69, 9.17) is 14.2 Å². The molecular weight excluding hydrogens is 606 g/mol. The van der Waals surface area contributed by atoms with Gasteiger partial charge in [-0.2, -0.15) is 0 Å². The lowest BCUT2D eigenvalue weighted by Gasteiger charge is -2.18. The molecule has 0 atom stereocenters. The Morgan fingerprint density at radius 2 is 0.755 bits per heavy atom. The van der Waals surface area contributed by atoms with Gasteiger partial charge < -0.3 is 19.5 Å². The molecule has 0 spiro atoms. The first kappa shape index (κ1) is 48.2. The molecule has 1 amide bonds. The van der Waals surface area contributed by atoms with E-state index in [1.165, 1.54) is 205 Å². The Morgan fingerprint density at radius 3 is 1.08 bits per heavy atom. The van der Waals surface area contributed by atoms with Crippen LogP contribution in [0.1, 0.15) is 239 Å². The Bertz CT molecular complexity index is 580. The van der Waals surface area contributed by atoms with Gasteiger partial charge in [0.15, 0.2) is 0 Å². The Morgan fingerprint density at radius 1 is 0.429 bits per heavy atom. The van der Waals surface area contributed by atoms with Gasteiger partial charge in [0.05, 0.1) is 13.2 Å². The summed E-state index contributed by atoms with van der Waals surface area (Å²) < 4.78 is 16.4. The van der Waals surface area contributed by atoms with E-state index in [-0.39, 0.29) is 12.2 Å². The lowest BCUT2D eigenvalue weighted by atomic mass is 10.0. The van der Waals surface area contributed by atoms with Crippen molar-refractivity contribution in [1.82, 2.24) is 5.32 Å². The molecule has 0 aliphatic heterocycles. The topological polar surface area (TPSA) is 56.8 Å². The Hall–Kier alpha value is -0.810. The van der Waals surface area contributed by atoms with E-state index in [0.29, 0.717) is 26.4 Å². The van der Waals surface area contributed by atoms with Crippen LogP contribution in [0.15, 0.2) is 0 Å². The Labute approximate surface area is 307 Å². The van der Waals surface area contributed by atoms with Crippen molar-refractivity contribution in [2.24, 2.45) is 0 Å². The van der Waals surface area contributed by atoms with Gasteiger partial charge in [0.1, 0.15) is 6.10 Å². The molecule has 5 nitrogen and oxygen atoms in total. The molecule has 0 aromatic rings. The van der Waals surface area contributed by atoms with Gasteiger partial charge in [-0.1, -0.05) is 206 Å². The minimum atomic E-state index is -0.255. The van der Waals surface area contributed by atoms with Gasteiger partial charge in [0.2, 0.25) is 0 Å². The molecule has 0 fully saturated rings. The average Bonchev–Trinajstić information content (AvgIpc) is 3.10. The van der Waals surface area contributed by atoms with E-state index in [1.54, 1.807) is 7.11 Å². The van der Waals surface area contributed by atoms with Crippen molar-refractivity contribution < 1.29 is 19.0 Å². The van der Waals surface area contributed by atoms with E-state index < -0.39 is 0 Å². The highest BCUT2D eigenvalue weighted by Gasteiger charge is 2.14. The molecule has 0 aliphatic carbocycles. The maximum atomic E-state index is 12.5. The molecule has 0 saturated heterocycles. The van der Waals surface area contributed by atoms with Gasteiger partial charge in [-0.05, 0) is 32.1 Å². The first-order chi connectivity index (χ1) is 24.2. The van der Waals surface area contributed by atoms with Crippen LogP contribution in [-0.4, -0.2) is 45.7 Å². The predicted octanol–water partition coefficient (Wildman–Crippen LogP) is 14.4. The second-order valence-electron chi connectivity index (χ2n) is 15.1. The number of alkyl carbamates (subject to hydrolysis) is 1. The second kappa shape index (κ2) is 43.4. The van der Waals surface area contributed by atoms with Crippen molar-refractivity contribution in [3.63, 3.8) is 0 Å². The first-order valence-electron chi connectivity index (χ1n) is 22.3. The lowest BCUT2D eigenvalue weighted by molar-refractivity contribution is 0.0670. The van der Waals surface area contributed by atoms with Gasteiger partial charge in [-0.25, -0.2) is 4.79 Å². The monoisotopic (exact) mass is 696 g/mol. The molecule has 0 saturated carbocycles. The minimum absolute atomic E-state index is 0.0521. The van der Waals surface area contributed by atoms with E-state index in [0.717, 1.165) is 19.3 Å². The molecule has 5 heteroatoms. The fourth-order valence-electron chi connectivity index (χ4n) is 6.90. The molecule has 0 aromatic heterocycles. The summed E-state index contributed by atoms with van der Waals surface area (Å²) >= 11 is 0. The second-order valence-corrected chi connectivity index (χ2v) is 15.1. The summed E-state index contributed by atoms with van der Waals surface area (Å²) in [5, 5.41) is 2.94. The van der Waals surface area contributed by atoms with Crippen LogP contribution in [0.2, 0.25) is 0 Å². The third-order valence-corrected chi connectivity index (χ3v) is 10.2. The molecule has 0 rings (SSSR count). The van der Waals surface area contributed by atoms with E-state index in [1.807, 2.05) is 0 Å². The molecule has 49 heavy (non-hydrogen) atoms. The zero-order valence-corrected chi connectivity index (χ0v) is 33.8. The number of amides is 1. The molecule has 0 aliphatic rings. The smallest absolute Gasteiger partial charge is 0.407 e. The molecule has 0 aromatic carbocycles. The number of nitrogens with one attached hydrogen (secondary N) is 1. The zero-order valence-electron chi connectivity index (χ0n) is 33.8. The number of hydrogen-bond acceptors (Lipinski definition) is 4. The SMILES string of the molecule is CCCCCCCCCCCCCCCCCCC(CCCCCCCCCCCCCCCCCC)OC(=O)NCCCOCCOC. The van der Waals surface area contributed by atoms with Crippen LogP contribution in [0.25, 0.3) is 0 Å². The molecule has 0 radical (unpaired) electrons. The minimum Gasteiger partial charge on any atom is -0.446 e. The predicted molar refractivity (Wildman–Crippen MR) is 214 cm³/mol. The van der Waals surface area contributed by atoms with Crippen molar-refractivity contribution >= 4 is 6.09 Å². The number of carbonyl (C=O) groups is 1. The summed E-state index contributed by atoms with van der Waals surface area (Å²) in [5.41, 5.74) is 0. The van der Waals surface area contributed by atoms with Crippen LogP contribution < -0.4 is 5.32 Å². The summed E-state index contributed by atoms with van der Waals surface area (Å²) in [4.78, 5) is 12.5. The van der Waals surface area contributed by atoms with Crippen LogP contribution in [0.3, 0.4) is 0 Å². The Kier molecular flexibility index (Phi) is 42.6. The molecule has 0 bridgehead atoms. The van der Waals surface area contributed by atoms with Crippen LogP contribution in [0.5, 0.6) is 0 Å². The van der Waals surface area contributed by atoms with E-state index in [2.05, 4.69) is 19.2 Å². The number of hydrogen-bond donors (Lipinski definition) is 1. The fourth-order valence-corrected chi connectivity index (χ4v) is 6.90. The average molecular weight is 696 g/mol. The molecule has 0 heterocycles. The molecule has 0 unspecified atom stereocenters.